The maximum atomic E-state index is 11.8. The first-order chi connectivity index (χ1) is 13.2. The van der Waals surface area contributed by atoms with Crippen molar-refractivity contribution >= 4 is 17.7 Å². The molecule has 0 radical (unpaired) electrons. The molecular formula is C19H30N6O2. The van der Waals surface area contributed by atoms with Crippen molar-refractivity contribution in [1.29, 1.82) is 0 Å². The number of hydrogen-bond acceptors (Lipinski definition) is 5. The first-order valence-corrected chi connectivity index (χ1v) is 9.72. The number of carbonyl (C=O) groups is 1. The number of nitrogens with one attached hydrogen (secondary N) is 2. The third kappa shape index (κ3) is 5.09. The normalized spacial score (nSPS) is 20.7. The predicted octanol–water partition coefficient (Wildman–Crippen LogP) is 0.594. The van der Waals surface area contributed by atoms with Crippen LogP contribution in [0.1, 0.15) is 25.3 Å². The van der Waals surface area contributed by atoms with E-state index < -0.39 is 0 Å². The van der Waals surface area contributed by atoms with Crippen molar-refractivity contribution in [3.05, 3.63) is 23.9 Å². The number of carbonyl (C=O) groups excluding carboxylic acids is 1. The number of likely N-dealkylation sites (tertiary alicyclic amines) is 1. The Morgan fingerprint density at radius 3 is 2.93 bits per heavy atom. The summed E-state index contributed by atoms with van der Waals surface area (Å²) in [6.07, 6.45) is 3.34. The van der Waals surface area contributed by atoms with Crippen molar-refractivity contribution in [2.75, 3.05) is 51.3 Å². The smallest absolute Gasteiger partial charge is 0.222 e. The van der Waals surface area contributed by atoms with Crippen molar-refractivity contribution in [2.45, 2.75) is 32.4 Å². The predicted molar refractivity (Wildman–Crippen MR) is 106 cm³/mol. The molecule has 27 heavy (non-hydrogen) atoms. The summed E-state index contributed by atoms with van der Waals surface area (Å²) in [4.78, 5) is 24.9. The molecular weight excluding hydrogens is 344 g/mol. The zero-order chi connectivity index (χ0) is 19.1. The Balaban J connectivity index is 1.55. The quantitative estimate of drug-likeness (QED) is 0.580. The van der Waals surface area contributed by atoms with Crippen LogP contribution >= 0.6 is 0 Å². The molecule has 1 aromatic heterocycles. The van der Waals surface area contributed by atoms with Gasteiger partial charge in [0.1, 0.15) is 5.82 Å². The standard InChI is InChI=1S/C19H30N6O2/c1-3-17(26)25-8-6-16(14-25)23-19(20-2)22-13-15-5-4-7-21-18(15)24-9-11-27-12-10-24/h4-5,7,16H,3,6,8-14H2,1-2H3,(H2,20,22,23). The second-order valence-electron chi connectivity index (χ2n) is 6.83. The molecule has 8 heteroatoms. The van der Waals surface area contributed by atoms with Crippen molar-refractivity contribution < 1.29 is 9.53 Å². The molecule has 3 rings (SSSR count). The van der Waals surface area contributed by atoms with Gasteiger partial charge in [-0.25, -0.2) is 4.98 Å². The van der Waals surface area contributed by atoms with E-state index in [1.807, 2.05) is 24.1 Å². The summed E-state index contributed by atoms with van der Waals surface area (Å²) >= 11 is 0. The van der Waals surface area contributed by atoms with E-state index in [9.17, 15) is 4.79 Å². The average molecular weight is 374 g/mol. The summed E-state index contributed by atoms with van der Waals surface area (Å²) in [5, 5.41) is 6.82. The van der Waals surface area contributed by atoms with Crippen molar-refractivity contribution in [3.63, 3.8) is 0 Å². The Bertz CT molecular complexity index is 659. The zero-order valence-electron chi connectivity index (χ0n) is 16.3. The molecule has 1 amide bonds. The van der Waals surface area contributed by atoms with E-state index >= 15 is 0 Å². The van der Waals surface area contributed by atoms with Crippen LogP contribution in [0.2, 0.25) is 0 Å². The van der Waals surface area contributed by atoms with Gasteiger partial charge >= 0.3 is 0 Å². The topological polar surface area (TPSA) is 82.1 Å². The van der Waals surface area contributed by atoms with E-state index in [-0.39, 0.29) is 11.9 Å². The highest BCUT2D eigenvalue weighted by Gasteiger charge is 2.25. The highest BCUT2D eigenvalue weighted by Crippen LogP contribution is 2.18. The van der Waals surface area contributed by atoms with Gasteiger partial charge < -0.3 is 25.2 Å². The lowest BCUT2D eigenvalue weighted by Gasteiger charge is -2.29. The summed E-state index contributed by atoms with van der Waals surface area (Å²) in [5.41, 5.74) is 1.14. The Morgan fingerprint density at radius 2 is 2.19 bits per heavy atom. The van der Waals surface area contributed by atoms with Gasteiger partial charge in [-0.15, -0.1) is 0 Å². The summed E-state index contributed by atoms with van der Waals surface area (Å²) in [6, 6.07) is 4.29. The molecule has 2 N–H and O–H groups in total. The van der Waals surface area contributed by atoms with Crippen molar-refractivity contribution in [3.8, 4) is 0 Å². The van der Waals surface area contributed by atoms with Gasteiger partial charge in [0.25, 0.3) is 0 Å². The van der Waals surface area contributed by atoms with E-state index in [2.05, 4.69) is 31.6 Å². The van der Waals surface area contributed by atoms with Gasteiger partial charge in [-0.2, -0.15) is 0 Å². The van der Waals surface area contributed by atoms with Crippen LogP contribution in [0.5, 0.6) is 0 Å². The van der Waals surface area contributed by atoms with Crippen LogP contribution in [0.25, 0.3) is 0 Å². The van der Waals surface area contributed by atoms with Gasteiger partial charge in [0.2, 0.25) is 5.91 Å². The molecule has 0 saturated carbocycles. The minimum absolute atomic E-state index is 0.216. The number of guanidine groups is 1. The van der Waals surface area contributed by atoms with Crippen molar-refractivity contribution in [1.82, 2.24) is 20.5 Å². The molecule has 1 unspecified atom stereocenters. The number of morpholine rings is 1. The average Bonchev–Trinajstić information content (AvgIpc) is 3.20. The fourth-order valence-corrected chi connectivity index (χ4v) is 3.52. The fraction of sp³-hybridized carbons (Fsp3) is 0.632. The number of anilines is 1. The molecule has 8 nitrogen and oxygen atoms in total. The number of aliphatic imine (C=N–C) groups is 1. The molecule has 0 spiro atoms. The molecule has 1 atom stereocenters. The molecule has 0 bridgehead atoms. The first-order valence-electron chi connectivity index (χ1n) is 9.72. The Morgan fingerprint density at radius 1 is 1.37 bits per heavy atom. The van der Waals surface area contributed by atoms with Crippen LogP contribution < -0.4 is 15.5 Å². The van der Waals surface area contributed by atoms with E-state index in [0.29, 0.717) is 13.0 Å². The van der Waals surface area contributed by atoms with Crippen LogP contribution in [0.15, 0.2) is 23.3 Å². The SMILES string of the molecule is CCC(=O)N1CCC(NC(=NC)NCc2cccnc2N2CCOCC2)C1. The lowest BCUT2D eigenvalue weighted by Crippen LogP contribution is -2.45. The minimum Gasteiger partial charge on any atom is -0.378 e. The maximum absolute atomic E-state index is 11.8. The molecule has 3 heterocycles. The second-order valence-corrected chi connectivity index (χ2v) is 6.83. The molecule has 1 aromatic rings. The number of aromatic nitrogens is 1. The number of rotatable bonds is 5. The zero-order valence-corrected chi connectivity index (χ0v) is 16.3. The Kier molecular flexibility index (Phi) is 6.86. The van der Waals surface area contributed by atoms with E-state index in [1.54, 1.807) is 7.05 Å². The van der Waals surface area contributed by atoms with E-state index in [1.165, 1.54) is 0 Å². The summed E-state index contributed by atoms with van der Waals surface area (Å²) < 4.78 is 5.44. The molecule has 2 saturated heterocycles. The van der Waals surface area contributed by atoms with E-state index in [4.69, 9.17) is 4.74 Å². The van der Waals surface area contributed by atoms with Crippen LogP contribution in [-0.4, -0.2) is 74.2 Å². The van der Waals surface area contributed by atoms with Gasteiger partial charge in [-0.1, -0.05) is 13.0 Å². The number of nitrogens with zero attached hydrogens (tertiary/aromatic N) is 4. The molecule has 148 valence electrons. The number of hydrogen-bond donors (Lipinski definition) is 2. The monoisotopic (exact) mass is 374 g/mol. The van der Waals surface area contributed by atoms with Crippen LogP contribution in [0, 0.1) is 0 Å². The van der Waals surface area contributed by atoms with E-state index in [0.717, 1.165) is 63.2 Å². The molecule has 2 fully saturated rings. The van der Waals surface area contributed by atoms with Gasteiger partial charge in [-0.3, -0.25) is 9.79 Å². The van der Waals surface area contributed by atoms with Crippen LogP contribution in [0.4, 0.5) is 5.82 Å². The number of pyridine rings is 1. The third-order valence-corrected chi connectivity index (χ3v) is 5.03. The number of amides is 1. The lowest BCUT2D eigenvalue weighted by atomic mass is 10.2. The molecule has 0 aromatic carbocycles. The molecule has 2 aliphatic rings. The Labute approximate surface area is 161 Å². The molecule has 2 aliphatic heterocycles. The second kappa shape index (κ2) is 9.55. The summed E-state index contributed by atoms with van der Waals surface area (Å²) in [6.45, 7) is 7.29. The minimum atomic E-state index is 0.216. The largest absolute Gasteiger partial charge is 0.378 e. The third-order valence-electron chi connectivity index (χ3n) is 5.03. The number of ether oxygens (including phenoxy) is 1. The first kappa shape index (κ1) is 19.4. The highest BCUT2D eigenvalue weighted by atomic mass is 16.5. The summed E-state index contributed by atoms with van der Waals surface area (Å²) in [5.74, 6) is 1.97. The lowest BCUT2D eigenvalue weighted by molar-refractivity contribution is -0.129. The van der Waals surface area contributed by atoms with Gasteiger partial charge in [0.05, 0.1) is 13.2 Å². The maximum Gasteiger partial charge on any atom is 0.222 e. The molecule has 0 aliphatic carbocycles. The Hall–Kier alpha value is -2.35. The van der Waals surface area contributed by atoms with Gasteiger partial charge in [-0.05, 0) is 12.5 Å². The highest BCUT2D eigenvalue weighted by molar-refractivity contribution is 5.80. The van der Waals surface area contributed by atoms with Gasteiger partial charge in [0, 0.05) is 64.0 Å². The van der Waals surface area contributed by atoms with Gasteiger partial charge in [0.15, 0.2) is 5.96 Å². The van der Waals surface area contributed by atoms with Crippen molar-refractivity contribution in [2.24, 2.45) is 4.99 Å². The fourth-order valence-electron chi connectivity index (χ4n) is 3.52. The van der Waals surface area contributed by atoms with Crippen LogP contribution in [0.3, 0.4) is 0 Å². The van der Waals surface area contributed by atoms with Crippen LogP contribution in [-0.2, 0) is 16.1 Å². The summed E-state index contributed by atoms with van der Waals surface area (Å²) in [7, 11) is 1.77.